The van der Waals surface area contributed by atoms with Crippen LogP contribution in [0.3, 0.4) is 0 Å². The number of hydrogen-bond acceptors (Lipinski definition) is 5. The molecule has 9 nitrogen and oxygen atoms in total. The van der Waals surface area contributed by atoms with Gasteiger partial charge in [-0.25, -0.2) is 18.6 Å². The van der Waals surface area contributed by atoms with Crippen molar-refractivity contribution in [2.45, 2.75) is 29.2 Å². The van der Waals surface area contributed by atoms with Gasteiger partial charge in [0.2, 0.25) is 16.0 Å². The molecule has 1 heterocycles. The molecular formula is C26H25ClF3N5O4S2. The van der Waals surface area contributed by atoms with Crippen LogP contribution in [-0.2, 0) is 26.2 Å². The first-order chi connectivity index (χ1) is 19.1. The predicted molar refractivity (Wildman–Crippen MR) is 151 cm³/mol. The Morgan fingerprint density at radius 1 is 1.05 bits per heavy atom. The Labute approximate surface area is 240 Å². The van der Waals surface area contributed by atoms with Gasteiger partial charge in [-0.3, -0.25) is 0 Å². The molecule has 1 aliphatic rings. The van der Waals surface area contributed by atoms with Gasteiger partial charge in [-0.15, -0.1) is 4.40 Å². The van der Waals surface area contributed by atoms with Gasteiger partial charge in [-0.2, -0.15) is 26.7 Å². The van der Waals surface area contributed by atoms with E-state index in [1.807, 2.05) is 30.3 Å². The maximum atomic E-state index is 13.2. The van der Waals surface area contributed by atoms with Gasteiger partial charge in [0.15, 0.2) is 0 Å². The molecule has 218 valence electrons. The van der Waals surface area contributed by atoms with Crippen molar-refractivity contribution >= 4 is 43.3 Å². The third-order valence-electron chi connectivity index (χ3n) is 6.30. The number of benzene rings is 3. The highest BCUT2D eigenvalue weighted by Crippen LogP contribution is 2.31. The van der Waals surface area contributed by atoms with Crippen LogP contribution in [0.2, 0.25) is 5.02 Å². The number of hydrazone groups is 1. The molecule has 2 atom stereocenters. The van der Waals surface area contributed by atoms with Crippen LogP contribution in [0, 0.1) is 0 Å². The molecule has 3 N–H and O–H groups in total. The van der Waals surface area contributed by atoms with Gasteiger partial charge >= 0.3 is 6.18 Å². The molecule has 15 heteroatoms. The fourth-order valence-corrected chi connectivity index (χ4v) is 5.38. The van der Waals surface area contributed by atoms with Crippen molar-refractivity contribution in [3.05, 3.63) is 101 Å². The van der Waals surface area contributed by atoms with Gasteiger partial charge in [-0.05, 0) is 54.4 Å². The lowest BCUT2D eigenvalue weighted by Gasteiger charge is -2.21. The zero-order valence-electron chi connectivity index (χ0n) is 21.5. The monoisotopic (exact) mass is 627 g/mol. The second kappa shape index (κ2) is 11.8. The molecule has 0 spiro atoms. The largest absolute Gasteiger partial charge is 0.416 e. The lowest BCUT2D eigenvalue weighted by molar-refractivity contribution is -0.137. The molecule has 1 aliphatic heterocycles. The van der Waals surface area contributed by atoms with E-state index >= 15 is 0 Å². The quantitative estimate of drug-likeness (QED) is 0.298. The normalized spacial score (nSPS) is 17.3. The van der Waals surface area contributed by atoms with E-state index in [-0.39, 0.29) is 25.0 Å². The van der Waals surface area contributed by atoms with E-state index in [2.05, 4.69) is 14.8 Å². The van der Waals surface area contributed by atoms with Crippen molar-refractivity contribution in [1.29, 1.82) is 0 Å². The van der Waals surface area contributed by atoms with E-state index in [0.29, 0.717) is 28.4 Å². The highest BCUT2D eigenvalue weighted by Gasteiger charge is 2.34. The number of alkyl halides is 3. The van der Waals surface area contributed by atoms with Crippen LogP contribution in [0.15, 0.2) is 93.3 Å². The fraction of sp³-hybridized carbons (Fsp3) is 0.231. The second-order valence-electron chi connectivity index (χ2n) is 9.23. The van der Waals surface area contributed by atoms with E-state index in [4.69, 9.17) is 16.7 Å². The predicted octanol–water partition coefficient (Wildman–Crippen LogP) is 4.17. The van der Waals surface area contributed by atoms with Gasteiger partial charge in [-0.1, -0.05) is 54.1 Å². The molecule has 1 unspecified atom stereocenters. The number of nitrogens with one attached hydrogen (secondary N) is 1. The fourth-order valence-electron chi connectivity index (χ4n) is 3.97. The van der Waals surface area contributed by atoms with Gasteiger partial charge in [0.25, 0.3) is 10.0 Å². The summed E-state index contributed by atoms with van der Waals surface area (Å²) >= 11 is 6.06. The highest BCUT2D eigenvalue weighted by molar-refractivity contribution is 7.90. The minimum atomic E-state index is -4.66. The molecule has 4 rings (SSSR count). The number of primary sulfonamides is 1. The Balaban J connectivity index is 1.77. The minimum Gasteiger partial charge on any atom is -0.353 e. The summed E-state index contributed by atoms with van der Waals surface area (Å²) < 4.78 is 92.9. The number of rotatable bonds is 7. The van der Waals surface area contributed by atoms with Crippen molar-refractivity contribution in [3.63, 3.8) is 0 Å². The zero-order chi connectivity index (χ0) is 30.0. The van der Waals surface area contributed by atoms with Gasteiger partial charge in [0.05, 0.1) is 28.0 Å². The number of nitrogens with zero attached hydrogens (tertiary/aromatic N) is 3. The second-order valence-corrected chi connectivity index (χ2v) is 13.3. The average Bonchev–Trinajstić information content (AvgIpc) is 3.36. The maximum Gasteiger partial charge on any atom is 0.416 e. The van der Waals surface area contributed by atoms with Crippen LogP contribution in [0.5, 0.6) is 0 Å². The molecule has 0 radical (unpaired) electrons. The average molecular weight is 628 g/mol. The number of nitrogens with two attached hydrogens (primary N) is 1. The Morgan fingerprint density at radius 3 is 2.22 bits per heavy atom. The highest BCUT2D eigenvalue weighted by atomic mass is 35.5. The lowest BCUT2D eigenvalue weighted by atomic mass is 9.91. The summed E-state index contributed by atoms with van der Waals surface area (Å²) in [5, 5.41) is 13.2. The van der Waals surface area contributed by atoms with Gasteiger partial charge < -0.3 is 5.32 Å². The third-order valence-corrected chi connectivity index (χ3v) is 9.12. The zero-order valence-corrected chi connectivity index (χ0v) is 23.8. The Hall–Kier alpha value is -3.46. The number of halogens is 4. The Bertz CT molecular complexity index is 1660. The molecule has 0 aromatic heterocycles. The van der Waals surface area contributed by atoms with Crippen molar-refractivity contribution in [3.8, 4) is 0 Å². The van der Waals surface area contributed by atoms with E-state index in [0.717, 1.165) is 17.7 Å². The third kappa shape index (κ3) is 7.44. The summed E-state index contributed by atoms with van der Waals surface area (Å²) in [7, 11) is -8.55. The summed E-state index contributed by atoms with van der Waals surface area (Å²) in [6.07, 6.45) is -4.66. The van der Waals surface area contributed by atoms with Crippen LogP contribution in [-0.4, -0.2) is 51.9 Å². The molecule has 0 fully saturated rings. The van der Waals surface area contributed by atoms with Crippen LogP contribution in [0.25, 0.3) is 0 Å². The first-order valence-electron chi connectivity index (χ1n) is 12.1. The molecule has 0 saturated carbocycles. The molecule has 0 aliphatic carbocycles. The maximum absolute atomic E-state index is 13.2. The molecule has 3 aromatic carbocycles. The van der Waals surface area contributed by atoms with E-state index in [9.17, 15) is 30.0 Å². The molecular weight excluding hydrogens is 603 g/mol. The van der Waals surface area contributed by atoms with Crippen molar-refractivity contribution in [1.82, 2.24) is 10.3 Å². The Kier molecular flexibility index (Phi) is 8.78. The first-order valence-corrected chi connectivity index (χ1v) is 15.5. The van der Waals surface area contributed by atoms with Crippen LogP contribution < -0.4 is 10.5 Å². The summed E-state index contributed by atoms with van der Waals surface area (Å²) in [5.41, 5.74) is 1.11. The molecule has 41 heavy (non-hydrogen) atoms. The van der Waals surface area contributed by atoms with Crippen molar-refractivity contribution in [2.24, 2.45) is 14.6 Å². The molecule has 0 bridgehead atoms. The lowest BCUT2D eigenvalue weighted by Crippen LogP contribution is -2.44. The molecule has 0 saturated heterocycles. The topological polar surface area (TPSA) is 134 Å². The van der Waals surface area contributed by atoms with Crippen LogP contribution in [0.1, 0.15) is 29.5 Å². The Morgan fingerprint density at radius 2 is 1.66 bits per heavy atom. The van der Waals surface area contributed by atoms with Crippen LogP contribution in [0.4, 0.5) is 13.2 Å². The van der Waals surface area contributed by atoms with Gasteiger partial charge in [0.1, 0.15) is 0 Å². The van der Waals surface area contributed by atoms with Crippen LogP contribution >= 0.6 is 11.6 Å². The van der Waals surface area contributed by atoms with Crippen molar-refractivity contribution in [2.75, 3.05) is 13.1 Å². The van der Waals surface area contributed by atoms with Gasteiger partial charge in [0, 0.05) is 17.5 Å². The summed E-state index contributed by atoms with van der Waals surface area (Å²) in [6, 6.07) is 19.0. The molecule has 3 aromatic rings. The summed E-state index contributed by atoms with van der Waals surface area (Å²) in [6.45, 7) is 1.11. The molecule has 0 amide bonds. The van der Waals surface area contributed by atoms with E-state index in [1.165, 1.54) is 11.9 Å². The van der Waals surface area contributed by atoms with Crippen molar-refractivity contribution < 1.29 is 30.0 Å². The SMILES string of the molecule is CC(CN/C(=N\S(=O)(=O)c1ccc(C(F)(F)F)cc1)N1C[C@H](c2ccccc2)C(c2ccc(Cl)cc2)=N1)S(N)(=O)=O. The number of hydrogen-bond donors (Lipinski definition) is 2. The smallest absolute Gasteiger partial charge is 0.353 e. The van der Waals surface area contributed by atoms with E-state index in [1.54, 1.807) is 24.3 Å². The number of sulfonamides is 2. The standard InChI is InChI=1S/C26H25ClF3N5O4S2/c1-17(40(31,36)37)15-32-25(34-41(38,39)22-13-9-20(10-14-22)26(28,29)30)35-16-23(18-5-3-2-4-6-18)24(33-35)19-7-11-21(27)12-8-19/h2-14,17,23H,15-16H2,1H3,(H,32,34)(H2,31,36,37)/t17?,23-/m1/s1. The minimum absolute atomic E-state index is 0.111. The number of guanidine groups is 1. The summed E-state index contributed by atoms with van der Waals surface area (Å²) in [4.78, 5) is -0.495. The first kappa shape index (κ1) is 30.5. The summed E-state index contributed by atoms with van der Waals surface area (Å²) in [5.74, 6) is -0.681. The van der Waals surface area contributed by atoms with E-state index < -0.39 is 41.9 Å².